The summed E-state index contributed by atoms with van der Waals surface area (Å²) in [6.45, 7) is -0.662. The Balaban J connectivity index is 1.97. The second-order valence-electron chi connectivity index (χ2n) is 4.81. The van der Waals surface area contributed by atoms with Crippen molar-refractivity contribution < 1.29 is 29.6 Å². The summed E-state index contributed by atoms with van der Waals surface area (Å²) in [7, 11) is 0. The lowest BCUT2D eigenvalue weighted by Gasteiger charge is -2.18. The molecule has 0 aliphatic carbocycles. The van der Waals surface area contributed by atoms with Gasteiger partial charge in [0.2, 0.25) is 5.78 Å². The van der Waals surface area contributed by atoms with E-state index in [0.717, 1.165) is 0 Å². The maximum Gasteiger partial charge on any atom is 0.320 e. The molecule has 0 bridgehead atoms. The maximum atomic E-state index is 11.8. The van der Waals surface area contributed by atoms with Gasteiger partial charge in [0.15, 0.2) is 11.9 Å². The highest BCUT2D eigenvalue weighted by molar-refractivity contribution is 6.07. The minimum atomic E-state index is -1.33. The van der Waals surface area contributed by atoms with E-state index in [0.29, 0.717) is 0 Å². The Morgan fingerprint density at radius 1 is 1.38 bits per heavy atom. The molecule has 0 unspecified atom stereocenters. The zero-order chi connectivity index (χ0) is 15.1. The van der Waals surface area contributed by atoms with Gasteiger partial charge in [0.25, 0.3) is 0 Å². The molecule has 114 valence electrons. The third-order valence-corrected chi connectivity index (χ3v) is 3.49. The van der Waals surface area contributed by atoms with Crippen LogP contribution >= 0.6 is 0 Å². The molecule has 2 aliphatic rings. The molecule has 1 aromatic heterocycles. The number of ether oxygens (including phenoxy) is 1. The number of nitrogens with zero attached hydrogens (tertiary/aromatic N) is 2. The Morgan fingerprint density at radius 3 is 2.81 bits per heavy atom. The Labute approximate surface area is 118 Å². The number of ketones is 1. The number of carbonyl (C=O) groups excluding carboxylic acids is 2. The molecular formula is C11H14N4O6. The van der Waals surface area contributed by atoms with Crippen LogP contribution in [0.25, 0.3) is 0 Å². The molecule has 1 fully saturated rings. The molecule has 4 atom stereocenters. The quantitative estimate of drug-likeness (QED) is 0.417. The molecule has 3 rings (SSSR count). The molecule has 10 heteroatoms. The Bertz CT molecular complexity index is 587. The number of rotatable bonds is 2. The van der Waals surface area contributed by atoms with Crippen LogP contribution in [0, 0.1) is 0 Å². The second kappa shape index (κ2) is 5.07. The Morgan fingerprint density at radius 2 is 2.14 bits per heavy atom. The van der Waals surface area contributed by atoms with Crippen LogP contribution in [0.2, 0.25) is 0 Å². The van der Waals surface area contributed by atoms with E-state index in [4.69, 9.17) is 9.84 Å². The summed E-state index contributed by atoms with van der Waals surface area (Å²) in [6, 6.07) is -0.587. The predicted molar refractivity (Wildman–Crippen MR) is 66.6 cm³/mol. The molecule has 10 nitrogen and oxygen atoms in total. The summed E-state index contributed by atoms with van der Waals surface area (Å²) >= 11 is 0. The number of imidazole rings is 1. The SMILES string of the molecule is O=C1NCC(=O)c2ncn([C@@H]3O[C@H](CO)[C@@H](O)[C@H]3O)c2N1. The summed E-state index contributed by atoms with van der Waals surface area (Å²) in [4.78, 5) is 27.2. The summed E-state index contributed by atoms with van der Waals surface area (Å²) in [6.07, 6.45) is -3.41. The minimum absolute atomic E-state index is 0.0334. The molecule has 0 saturated carbocycles. The van der Waals surface area contributed by atoms with Crippen LogP contribution in [-0.2, 0) is 4.74 Å². The van der Waals surface area contributed by atoms with Crippen molar-refractivity contribution in [3.8, 4) is 0 Å². The molecule has 2 aliphatic heterocycles. The summed E-state index contributed by atoms with van der Waals surface area (Å²) in [5.41, 5.74) is 0.0334. The van der Waals surface area contributed by atoms with Crippen molar-refractivity contribution in [2.24, 2.45) is 0 Å². The number of nitrogens with one attached hydrogen (secondary N) is 2. The normalized spacial score (nSPS) is 32.3. The number of amides is 2. The van der Waals surface area contributed by atoms with Crippen LogP contribution in [0.4, 0.5) is 10.6 Å². The number of anilines is 1. The highest BCUT2D eigenvalue weighted by Gasteiger charge is 2.44. The fourth-order valence-electron chi connectivity index (χ4n) is 2.39. The number of Topliss-reactive ketones (excluding diaryl/α,β-unsaturated/α-hetero) is 1. The van der Waals surface area contributed by atoms with Gasteiger partial charge in [0.05, 0.1) is 19.5 Å². The smallest absolute Gasteiger partial charge is 0.320 e. The van der Waals surface area contributed by atoms with Crippen molar-refractivity contribution in [3.05, 3.63) is 12.0 Å². The molecule has 1 saturated heterocycles. The molecule has 21 heavy (non-hydrogen) atoms. The summed E-state index contributed by atoms with van der Waals surface area (Å²) in [5.74, 6) is -0.321. The average Bonchev–Trinajstić information content (AvgIpc) is 2.95. The fourth-order valence-corrected chi connectivity index (χ4v) is 2.39. The first-order valence-electron chi connectivity index (χ1n) is 6.30. The monoisotopic (exact) mass is 298 g/mol. The van der Waals surface area contributed by atoms with E-state index in [1.807, 2.05) is 0 Å². The molecule has 0 aromatic carbocycles. The molecule has 5 N–H and O–H groups in total. The van der Waals surface area contributed by atoms with E-state index < -0.39 is 43.0 Å². The van der Waals surface area contributed by atoms with Gasteiger partial charge in [0, 0.05) is 0 Å². The number of aliphatic hydroxyl groups excluding tert-OH is 3. The number of urea groups is 1. The summed E-state index contributed by atoms with van der Waals surface area (Å²) in [5, 5.41) is 33.6. The number of hydrogen-bond donors (Lipinski definition) is 5. The van der Waals surface area contributed by atoms with Gasteiger partial charge in [-0.1, -0.05) is 0 Å². The van der Waals surface area contributed by atoms with Crippen LogP contribution in [0.1, 0.15) is 16.7 Å². The first-order chi connectivity index (χ1) is 10.0. The van der Waals surface area contributed by atoms with Gasteiger partial charge in [-0.2, -0.15) is 0 Å². The van der Waals surface area contributed by atoms with E-state index >= 15 is 0 Å². The van der Waals surface area contributed by atoms with E-state index in [2.05, 4.69) is 15.6 Å². The fraction of sp³-hybridized carbons (Fsp3) is 0.545. The average molecular weight is 298 g/mol. The molecular weight excluding hydrogens is 284 g/mol. The van der Waals surface area contributed by atoms with Gasteiger partial charge in [0.1, 0.15) is 24.1 Å². The minimum Gasteiger partial charge on any atom is -0.394 e. The zero-order valence-corrected chi connectivity index (χ0v) is 10.8. The maximum absolute atomic E-state index is 11.8. The van der Waals surface area contributed by atoms with Gasteiger partial charge in [-0.15, -0.1) is 0 Å². The van der Waals surface area contributed by atoms with E-state index in [1.54, 1.807) is 0 Å². The topological polar surface area (TPSA) is 146 Å². The zero-order valence-electron chi connectivity index (χ0n) is 10.8. The van der Waals surface area contributed by atoms with Gasteiger partial charge in [-0.25, -0.2) is 9.78 Å². The van der Waals surface area contributed by atoms with Gasteiger partial charge in [-0.05, 0) is 0 Å². The standard InChI is InChI=1S/C11H14N4O6/c16-2-5-7(18)8(19)10(21-5)15-3-13-6-4(17)1-12-11(20)14-9(6)15/h3,5,7-8,10,16,18-19H,1-2H2,(H2,12,14,20)/t5-,7-,8-,10-/m1/s1. The van der Waals surface area contributed by atoms with Crippen molar-refractivity contribution in [3.63, 3.8) is 0 Å². The highest BCUT2D eigenvalue weighted by Crippen LogP contribution is 2.33. The van der Waals surface area contributed by atoms with Crippen LogP contribution in [0.15, 0.2) is 6.33 Å². The van der Waals surface area contributed by atoms with Crippen LogP contribution in [0.3, 0.4) is 0 Å². The molecule has 0 spiro atoms. The molecule has 3 heterocycles. The molecule has 2 amide bonds. The Kier molecular flexibility index (Phi) is 3.37. The lowest BCUT2D eigenvalue weighted by molar-refractivity contribution is -0.0518. The lowest BCUT2D eigenvalue weighted by Crippen LogP contribution is -2.33. The molecule has 0 radical (unpaired) electrons. The van der Waals surface area contributed by atoms with Crippen LogP contribution in [-0.4, -0.2) is 68.1 Å². The highest BCUT2D eigenvalue weighted by atomic mass is 16.6. The third kappa shape index (κ3) is 2.17. The predicted octanol–water partition coefficient (Wildman–Crippen LogP) is -2.19. The van der Waals surface area contributed by atoms with Crippen molar-refractivity contribution >= 4 is 17.6 Å². The van der Waals surface area contributed by atoms with E-state index in [-0.39, 0.29) is 18.1 Å². The van der Waals surface area contributed by atoms with E-state index in [9.17, 15) is 19.8 Å². The Hall–Kier alpha value is -2.01. The lowest BCUT2D eigenvalue weighted by atomic mass is 10.1. The number of carbonyl (C=O) groups is 2. The largest absolute Gasteiger partial charge is 0.394 e. The number of aliphatic hydroxyl groups is 3. The van der Waals surface area contributed by atoms with Crippen LogP contribution < -0.4 is 10.6 Å². The van der Waals surface area contributed by atoms with Crippen molar-refractivity contribution in [2.45, 2.75) is 24.5 Å². The number of aromatic nitrogens is 2. The van der Waals surface area contributed by atoms with Gasteiger partial charge < -0.3 is 25.4 Å². The number of fused-ring (bicyclic) bond motifs is 1. The first-order valence-corrected chi connectivity index (χ1v) is 6.30. The first kappa shape index (κ1) is 13.9. The van der Waals surface area contributed by atoms with Gasteiger partial charge >= 0.3 is 6.03 Å². The van der Waals surface area contributed by atoms with Crippen molar-refractivity contribution in [1.82, 2.24) is 14.9 Å². The summed E-state index contributed by atoms with van der Waals surface area (Å²) < 4.78 is 6.60. The molecule has 1 aromatic rings. The second-order valence-corrected chi connectivity index (χ2v) is 4.81. The third-order valence-electron chi connectivity index (χ3n) is 3.49. The van der Waals surface area contributed by atoms with Crippen molar-refractivity contribution in [1.29, 1.82) is 0 Å². The van der Waals surface area contributed by atoms with Crippen molar-refractivity contribution in [2.75, 3.05) is 18.5 Å². The number of hydrogen-bond acceptors (Lipinski definition) is 7. The van der Waals surface area contributed by atoms with Gasteiger partial charge in [-0.3, -0.25) is 14.7 Å². The van der Waals surface area contributed by atoms with Crippen LogP contribution in [0.5, 0.6) is 0 Å². The van der Waals surface area contributed by atoms with E-state index in [1.165, 1.54) is 10.9 Å².